The van der Waals surface area contributed by atoms with Gasteiger partial charge in [-0.15, -0.1) is 0 Å². The van der Waals surface area contributed by atoms with Crippen LogP contribution >= 0.6 is 0 Å². The van der Waals surface area contributed by atoms with Gasteiger partial charge in [0.05, 0.1) is 6.04 Å². The largest absolute Gasteiger partial charge is 0.484 e. The van der Waals surface area contributed by atoms with Crippen LogP contribution in [0, 0.1) is 0 Å². The Bertz CT molecular complexity index is 638. The van der Waals surface area contributed by atoms with E-state index in [9.17, 15) is 9.59 Å². The molecule has 0 spiro atoms. The maximum Gasteiger partial charge on any atom is 0.258 e. The van der Waals surface area contributed by atoms with Gasteiger partial charge in [0, 0.05) is 18.5 Å². The fourth-order valence-electron chi connectivity index (χ4n) is 1.94. The predicted octanol–water partition coefficient (Wildman–Crippen LogP) is 1.63. The van der Waals surface area contributed by atoms with Crippen molar-refractivity contribution < 1.29 is 14.3 Å². The van der Waals surface area contributed by atoms with Crippen LogP contribution in [-0.4, -0.2) is 39.6 Å². The highest BCUT2D eigenvalue weighted by molar-refractivity contribution is 5.95. The van der Waals surface area contributed by atoms with Gasteiger partial charge in [0.25, 0.3) is 5.91 Å². The monoisotopic (exact) mass is 316 g/mol. The Labute approximate surface area is 134 Å². The zero-order chi connectivity index (χ0) is 16.7. The number of hydrogen-bond acceptors (Lipinski definition) is 5. The van der Waals surface area contributed by atoms with E-state index in [2.05, 4.69) is 15.4 Å². The van der Waals surface area contributed by atoms with E-state index in [1.165, 1.54) is 6.33 Å². The van der Waals surface area contributed by atoms with Crippen LogP contribution in [-0.2, 0) is 4.79 Å². The minimum absolute atomic E-state index is 0.0146. The second-order valence-electron chi connectivity index (χ2n) is 5.12. The first kappa shape index (κ1) is 16.7. The number of carbonyl (C=O) groups excluding carboxylic acids is 2. The number of nitrogens with one attached hydrogen (secondary N) is 1. The Kier molecular flexibility index (Phi) is 5.85. The Morgan fingerprint density at radius 1 is 1.30 bits per heavy atom. The topological polar surface area (TPSA) is 86.1 Å². The van der Waals surface area contributed by atoms with E-state index < -0.39 is 0 Å². The molecule has 0 aliphatic rings. The molecule has 122 valence electrons. The van der Waals surface area contributed by atoms with Gasteiger partial charge in [-0.05, 0) is 31.2 Å². The van der Waals surface area contributed by atoms with Gasteiger partial charge in [-0.1, -0.05) is 6.92 Å². The lowest BCUT2D eigenvalue weighted by atomic mass is 10.1. The number of rotatable bonds is 8. The van der Waals surface area contributed by atoms with Gasteiger partial charge in [0.2, 0.25) is 0 Å². The zero-order valence-electron chi connectivity index (χ0n) is 13.2. The third kappa shape index (κ3) is 4.91. The molecule has 0 saturated heterocycles. The van der Waals surface area contributed by atoms with E-state index in [0.717, 1.165) is 0 Å². The maximum atomic E-state index is 11.8. The standard InChI is InChI=1S/C16H20N4O3/c1-3-15(21)13-4-6-14(7-5-13)23-9-16(22)18-8-12(2)20-11-17-10-19-20/h4-7,10-12H,3,8-9H2,1-2H3,(H,18,22)/t12-/m1/s1. The summed E-state index contributed by atoms with van der Waals surface area (Å²) >= 11 is 0. The van der Waals surface area contributed by atoms with E-state index in [-0.39, 0.29) is 24.3 Å². The quantitative estimate of drug-likeness (QED) is 0.748. The minimum Gasteiger partial charge on any atom is -0.484 e. The van der Waals surface area contributed by atoms with Gasteiger partial charge in [-0.2, -0.15) is 5.10 Å². The highest BCUT2D eigenvalue weighted by Gasteiger charge is 2.09. The molecule has 1 amide bonds. The summed E-state index contributed by atoms with van der Waals surface area (Å²) in [6.45, 7) is 4.11. The first-order valence-corrected chi connectivity index (χ1v) is 7.47. The summed E-state index contributed by atoms with van der Waals surface area (Å²) in [6, 6.07) is 6.79. The van der Waals surface area contributed by atoms with Gasteiger partial charge >= 0.3 is 0 Å². The van der Waals surface area contributed by atoms with Crippen LogP contribution < -0.4 is 10.1 Å². The van der Waals surface area contributed by atoms with Crippen molar-refractivity contribution in [1.29, 1.82) is 0 Å². The van der Waals surface area contributed by atoms with Crippen molar-refractivity contribution in [2.75, 3.05) is 13.2 Å². The SMILES string of the molecule is CCC(=O)c1ccc(OCC(=O)NC[C@@H](C)n2cncn2)cc1. The van der Waals surface area contributed by atoms with Crippen molar-refractivity contribution in [2.24, 2.45) is 0 Å². The predicted molar refractivity (Wildman–Crippen MR) is 84.3 cm³/mol. The van der Waals surface area contributed by atoms with Crippen molar-refractivity contribution in [3.05, 3.63) is 42.5 Å². The lowest BCUT2D eigenvalue weighted by Crippen LogP contribution is -2.33. The van der Waals surface area contributed by atoms with Crippen molar-refractivity contribution in [1.82, 2.24) is 20.1 Å². The molecule has 2 rings (SSSR count). The summed E-state index contributed by atoms with van der Waals surface area (Å²) < 4.78 is 7.07. The molecule has 23 heavy (non-hydrogen) atoms. The van der Waals surface area contributed by atoms with Gasteiger partial charge in [-0.25, -0.2) is 9.67 Å². The molecule has 1 aromatic carbocycles. The van der Waals surface area contributed by atoms with Gasteiger partial charge in [0.1, 0.15) is 18.4 Å². The fraction of sp³-hybridized carbons (Fsp3) is 0.375. The van der Waals surface area contributed by atoms with Crippen LogP contribution in [0.5, 0.6) is 5.75 Å². The van der Waals surface area contributed by atoms with Gasteiger partial charge in [0.15, 0.2) is 12.4 Å². The Morgan fingerprint density at radius 3 is 2.65 bits per heavy atom. The molecule has 0 saturated carbocycles. The molecule has 7 heteroatoms. The average molecular weight is 316 g/mol. The number of hydrogen-bond donors (Lipinski definition) is 1. The highest BCUT2D eigenvalue weighted by atomic mass is 16.5. The smallest absolute Gasteiger partial charge is 0.258 e. The number of nitrogens with zero attached hydrogens (tertiary/aromatic N) is 3. The molecule has 1 atom stereocenters. The fourth-order valence-corrected chi connectivity index (χ4v) is 1.94. The summed E-state index contributed by atoms with van der Waals surface area (Å²) in [5.74, 6) is 0.416. The molecule has 1 aromatic heterocycles. The van der Waals surface area contributed by atoms with E-state index in [0.29, 0.717) is 24.3 Å². The third-order valence-corrected chi connectivity index (χ3v) is 3.35. The Hall–Kier alpha value is -2.70. The molecule has 0 radical (unpaired) electrons. The summed E-state index contributed by atoms with van der Waals surface area (Å²) in [5, 5.41) is 6.79. The third-order valence-electron chi connectivity index (χ3n) is 3.35. The minimum atomic E-state index is -0.217. The number of benzene rings is 1. The Balaban J connectivity index is 1.75. The van der Waals surface area contributed by atoms with Crippen LogP contribution in [0.15, 0.2) is 36.9 Å². The van der Waals surface area contributed by atoms with Gasteiger partial charge < -0.3 is 10.1 Å². The highest BCUT2D eigenvalue weighted by Crippen LogP contribution is 2.13. The van der Waals surface area contributed by atoms with Crippen molar-refractivity contribution >= 4 is 11.7 Å². The summed E-state index contributed by atoms with van der Waals surface area (Å²) in [6.07, 6.45) is 3.52. The first-order chi connectivity index (χ1) is 11.1. The maximum absolute atomic E-state index is 11.8. The lowest BCUT2D eigenvalue weighted by Gasteiger charge is -2.13. The number of aromatic nitrogens is 3. The molecule has 7 nitrogen and oxygen atoms in total. The first-order valence-electron chi connectivity index (χ1n) is 7.47. The number of carbonyl (C=O) groups is 2. The lowest BCUT2D eigenvalue weighted by molar-refractivity contribution is -0.123. The average Bonchev–Trinajstić information content (AvgIpc) is 3.12. The van der Waals surface area contributed by atoms with E-state index in [1.807, 2.05) is 13.8 Å². The number of amides is 1. The van der Waals surface area contributed by atoms with Crippen molar-refractivity contribution in [3.63, 3.8) is 0 Å². The molecule has 0 aliphatic heterocycles. The summed E-state index contributed by atoms with van der Waals surface area (Å²) in [5.41, 5.74) is 0.644. The molecule has 0 aliphatic carbocycles. The van der Waals surface area contributed by atoms with Crippen LogP contribution in [0.1, 0.15) is 36.7 Å². The van der Waals surface area contributed by atoms with Crippen LogP contribution in [0.4, 0.5) is 0 Å². The second kappa shape index (κ2) is 8.07. The molecule has 1 N–H and O–H groups in total. The number of ketones is 1. The van der Waals surface area contributed by atoms with E-state index in [1.54, 1.807) is 35.3 Å². The van der Waals surface area contributed by atoms with Crippen LogP contribution in [0.2, 0.25) is 0 Å². The van der Waals surface area contributed by atoms with Crippen LogP contribution in [0.3, 0.4) is 0 Å². The van der Waals surface area contributed by atoms with Crippen LogP contribution in [0.25, 0.3) is 0 Å². The van der Waals surface area contributed by atoms with E-state index >= 15 is 0 Å². The molecule has 0 fully saturated rings. The van der Waals surface area contributed by atoms with Crippen molar-refractivity contribution in [2.45, 2.75) is 26.3 Å². The normalized spacial score (nSPS) is 11.7. The summed E-state index contributed by atoms with van der Waals surface area (Å²) in [7, 11) is 0. The molecule has 1 heterocycles. The van der Waals surface area contributed by atoms with Gasteiger partial charge in [-0.3, -0.25) is 9.59 Å². The second-order valence-corrected chi connectivity index (χ2v) is 5.12. The summed E-state index contributed by atoms with van der Waals surface area (Å²) in [4.78, 5) is 27.2. The molecule has 2 aromatic rings. The zero-order valence-corrected chi connectivity index (χ0v) is 13.2. The van der Waals surface area contributed by atoms with E-state index in [4.69, 9.17) is 4.74 Å². The molecular formula is C16H20N4O3. The van der Waals surface area contributed by atoms with Crippen molar-refractivity contribution in [3.8, 4) is 5.75 Å². The molecule has 0 unspecified atom stereocenters. The number of Topliss-reactive ketones (excluding diaryl/α,β-unsaturated/α-hetero) is 1. The Morgan fingerprint density at radius 2 is 2.04 bits per heavy atom. The molecular weight excluding hydrogens is 296 g/mol. The number of ether oxygens (including phenoxy) is 1. The molecule has 0 bridgehead atoms.